The van der Waals surface area contributed by atoms with Gasteiger partial charge in [-0.05, 0) is 19.7 Å². The van der Waals surface area contributed by atoms with E-state index in [2.05, 4.69) is 29.2 Å². The highest BCUT2D eigenvalue weighted by Crippen LogP contribution is 2.34. The molecule has 0 saturated carbocycles. The molecule has 3 rings (SSSR count). The van der Waals surface area contributed by atoms with E-state index in [-0.39, 0.29) is 22.8 Å². The average Bonchev–Trinajstić information content (AvgIpc) is 3.24. The van der Waals surface area contributed by atoms with Crippen molar-refractivity contribution in [3.63, 3.8) is 0 Å². The summed E-state index contributed by atoms with van der Waals surface area (Å²) in [6, 6.07) is 9.32. The molecule has 2 amide bonds. The predicted molar refractivity (Wildman–Crippen MR) is 112 cm³/mol. The van der Waals surface area contributed by atoms with Crippen molar-refractivity contribution in [1.82, 2.24) is 20.0 Å². The Morgan fingerprint density at radius 2 is 1.67 bits per heavy atom. The number of amides is 2. The van der Waals surface area contributed by atoms with Gasteiger partial charge in [-0.3, -0.25) is 24.3 Å². The first-order chi connectivity index (χ1) is 13.0. The van der Waals surface area contributed by atoms with Gasteiger partial charge in [-0.15, -0.1) is 23.5 Å². The molecular formula is C19H28N4O2S2. The molecule has 2 aliphatic rings. The normalized spacial score (nSPS) is 24.7. The van der Waals surface area contributed by atoms with Crippen LogP contribution in [0.5, 0.6) is 0 Å². The molecule has 2 fully saturated rings. The second kappa shape index (κ2) is 9.32. The van der Waals surface area contributed by atoms with Gasteiger partial charge in [-0.25, -0.2) is 0 Å². The van der Waals surface area contributed by atoms with Gasteiger partial charge in [0.1, 0.15) is 17.0 Å². The molecule has 2 saturated heterocycles. The molecular weight excluding hydrogens is 380 g/mol. The standard InChI is InChI=1S/C19H28N4O2S2/c1-14(24)20-16(13-15-7-5-4-6-8-15)17(25)23(18-21(2)9-11-26-18)19-22(3)10-12-27-19/h4-8,16,18-19H,9-13H2,1-3H3,(H,20,24). The molecule has 148 valence electrons. The second-order valence-corrected chi connectivity index (χ2v) is 9.37. The van der Waals surface area contributed by atoms with Crippen molar-refractivity contribution in [3.8, 4) is 0 Å². The summed E-state index contributed by atoms with van der Waals surface area (Å²) in [4.78, 5) is 31.9. The molecule has 0 aromatic heterocycles. The lowest BCUT2D eigenvalue weighted by Gasteiger charge is -2.40. The van der Waals surface area contributed by atoms with Crippen molar-refractivity contribution < 1.29 is 9.59 Å². The van der Waals surface area contributed by atoms with Crippen LogP contribution in [0.4, 0.5) is 0 Å². The van der Waals surface area contributed by atoms with E-state index in [1.807, 2.05) is 35.2 Å². The third-order valence-corrected chi connectivity index (χ3v) is 7.47. The summed E-state index contributed by atoms with van der Waals surface area (Å²) in [5.41, 5.74) is 1.05. The van der Waals surface area contributed by atoms with E-state index in [0.29, 0.717) is 6.42 Å². The van der Waals surface area contributed by atoms with Gasteiger partial charge >= 0.3 is 0 Å². The van der Waals surface area contributed by atoms with Gasteiger partial charge in [0.2, 0.25) is 11.8 Å². The van der Waals surface area contributed by atoms with Gasteiger partial charge in [0.05, 0.1) is 0 Å². The molecule has 3 unspecified atom stereocenters. The summed E-state index contributed by atoms with van der Waals surface area (Å²) in [6.45, 7) is 3.40. The molecule has 0 radical (unpaired) electrons. The molecule has 1 aromatic rings. The van der Waals surface area contributed by atoms with Crippen molar-refractivity contribution in [2.24, 2.45) is 0 Å². The lowest BCUT2D eigenvalue weighted by atomic mass is 10.0. The Balaban J connectivity index is 1.87. The minimum Gasteiger partial charge on any atom is -0.344 e. The SMILES string of the molecule is CC(=O)NC(Cc1ccccc1)C(=O)N(C1SCCN1C)C1SCCN1C. The highest BCUT2D eigenvalue weighted by molar-refractivity contribution is 8.00. The number of rotatable bonds is 6. The second-order valence-electron chi connectivity index (χ2n) is 7.04. The summed E-state index contributed by atoms with van der Waals surface area (Å²) >= 11 is 3.59. The fourth-order valence-electron chi connectivity index (χ4n) is 3.47. The van der Waals surface area contributed by atoms with Crippen LogP contribution in [-0.4, -0.2) is 82.2 Å². The smallest absolute Gasteiger partial charge is 0.249 e. The van der Waals surface area contributed by atoms with Gasteiger partial charge in [-0.1, -0.05) is 30.3 Å². The summed E-state index contributed by atoms with van der Waals surface area (Å²) in [5, 5.41) is 2.90. The summed E-state index contributed by atoms with van der Waals surface area (Å²) in [7, 11) is 4.13. The predicted octanol–water partition coefficient (Wildman–Crippen LogP) is 1.49. The Kier molecular flexibility index (Phi) is 7.08. The molecule has 1 N–H and O–H groups in total. The Bertz CT molecular complexity index is 640. The molecule has 3 atom stereocenters. The van der Waals surface area contributed by atoms with Crippen LogP contribution in [0.25, 0.3) is 0 Å². The number of thioether (sulfide) groups is 2. The maximum atomic E-state index is 13.7. The first-order valence-corrected chi connectivity index (χ1v) is 11.3. The number of hydrogen-bond donors (Lipinski definition) is 1. The van der Waals surface area contributed by atoms with E-state index >= 15 is 0 Å². The molecule has 2 heterocycles. The number of nitrogens with one attached hydrogen (secondary N) is 1. The molecule has 0 spiro atoms. The van der Waals surface area contributed by atoms with Crippen LogP contribution in [-0.2, 0) is 16.0 Å². The topological polar surface area (TPSA) is 55.9 Å². The van der Waals surface area contributed by atoms with Crippen LogP contribution in [0, 0.1) is 0 Å². The van der Waals surface area contributed by atoms with Crippen molar-refractivity contribution in [2.75, 3.05) is 38.7 Å². The lowest BCUT2D eigenvalue weighted by Crippen LogP contribution is -2.59. The largest absolute Gasteiger partial charge is 0.344 e. The Hall–Kier alpha value is -1.22. The van der Waals surface area contributed by atoms with Crippen LogP contribution in [0.1, 0.15) is 12.5 Å². The average molecular weight is 409 g/mol. The molecule has 0 aliphatic carbocycles. The number of hydrogen-bond acceptors (Lipinski definition) is 6. The fraction of sp³-hybridized carbons (Fsp3) is 0.579. The molecule has 0 bridgehead atoms. The minimum absolute atomic E-state index is 0.00239. The van der Waals surface area contributed by atoms with Crippen LogP contribution >= 0.6 is 23.5 Å². The van der Waals surface area contributed by atoms with Gasteiger partial charge < -0.3 is 5.32 Å². The quantitative estimate of drug-likeness (QED) is 0.770. The van der Waals surface area contributed by atoms with Gasteiger partial charge in [0.25, 0.3) is 0 Å². The molecule has 2 aliphatic heterocycles. The molecule has 27 heavy (non-hydrogen) atoms. The molecule has 1 aromatic carbocycles. The van der Waals surface area contributed by atoms with Crippen LogP contribution in [0.2, 0.25) is 0 Å². The van der Waals surface area contributed by atoms with E-state index in [0.717, 1.165) is 30.2 Å². The third kappa shape index (κ3) is 4.99. The Morgan fingerprint density at radius 3 is 2.11 bits per heavy atom. The summed E-state index contributed by atoms with van der Waals surface area (Å²) in [5.74, 6) is 1.83. The van der Waals surface area contributed by atoms with Crippen molar-refractivity contribution in [2.45, 2.75) is 30.4 Å². The molecule has 6 nitrogen and oxygen atoms in total. The lowest BCUT2D eigenvalue weighted by molar-refractivity contribution is -0.141. The molecule has 8 heteroatoms. The van der Waals surface area contributed by atoms with Crippen LogP contribution < -0.4 is 5.32 Å². The Morgan fingerprint density at radius 1 is 1.11 bits per heavy atom. The maximum absolute atomic E-state index is 13.7. The zero-order valence-corrected chi connectivity index (χ0v) is 17.8. The first-order valence-electron chi connectivity index (χ1n) is 9.24. The van der Waals surface area contributed by atoms with Gasteiger partial charge in [0, 0.05) is 37.9 Å². The zero-order chi connectivity index (χ0) is 19.4. The van der Waals surface area contributed by atoms with Crippen molar-refractivity contribution in [1.29, 1.82) is 0 Å². The maximum Gasteiger partial charge on any atom is 0.249 e. The fourth-order valence-corrected chi connectivity index (χ4v) is 6.23. The van der Waals surface area contributed by atoms with E-state index in [1.165, 1.54) is 6.92 Å². The third-order valence-electron chi connectivity index (χ3n) is 4.86. The van der Waals surface area contributed by atoms with Gasteiger partial charge in [-0.2, -0.15) is 0 Å². The number of benzene rings is 1. The minimum atomic E-state index is -0.561. The van der Waals surface area contributed by atoms with Crippen molar-refractivity contribution in [3.05, 3.63) is 35.9 Å². The van der Waals surface area contributed by atoms with Crippen LogP contribution in [0.15, 0.2) is 30.3 Å². The number of nitrogens with zero attached hydrogens (tertiary/aromatic N) is 3. The first kappa shape index (κ1) is 20.5. The summed E-state index contributed by atoms with van der Waals surface area (Å²) in [6.07, 6.45) is 0.498. The van der Waals surface area contributed by atoms with E-state index in [9.17, 15) is 9.59 Å². The summed E-state index contributed by atoms with van der Waals surface area (Å²) < 4.78 is 0. The van der Waals surface area contributed by atoms with E-state index in [1.54, 1.807) is 23.5 Å². The van der Waals surface area contributed by atoms with Crippen molar-refractivity contribution >= 4 is 35.3 Å². The number of carbonyl (C=O) groups is 2. The van der Waals surface area contributed by atoms with Gasteiger partial charge in [0.15, 0.2) is 0 Å². The highest BCUT2D eigenvalue weighted by atomic mass is 32.2. The monoisotopic (exact) mass is 408 g/mol. The van der Waals surface area contributed by atoms with E-state index in [4.69, 9.17) is 0 Å². The van der Waals surface area contributed by atoms with E-state index < -0.39 is 6.04 Å². The number of carbonyl (C=O) groups excluding carboxylic acids is 2. The van der Waals surface area contributed by atoms with Crippen LogP contribution in [0.3, 0.4) is 0 Å². The highest BCUT2D eigenvalue weighted by Gasteiger charge is 2.42. The Labute approximate surface area is 170 Å². The zero-order valence-electron chi connectivity index (χ0n) is 16.1.